The summed E-state index contributed by atoms with van der Waals surface area (Å²) in [6.07, 6.45) is 7.69. The van der Waals surface area contributed by atoms with Crippen molar-refractivity contribution in [1.29, 1.82) is 0 Å². The molecular weight excluding hydrogens is 222 g/mol. The minimum absolute atomic E-state index is 0.235. The molecule has 0 spiro atoms. The van der Waals surface area contributed by atoms with E-state index in [1.54, 1.807) is 12.3 Å². The van der Waals surface area contributed by atoms with Crippen LogP contribution in [0.2, 0.25) is 0 Å². The predicted octanol–water partition coefficient (Wildman–Crippen LogP) is 1.82. The van der Waals surface area contributed by atoms with Crippen LogP contribution in [0.1, 0.15) is 37.7 Å². The van der Waals surface area contributed by atoms with Gasteiger partial charge >= 0.3 is 0 Å². The number of nitrogens with zero attached hydrogens (tertiary/aromatic N) is 2. The number of thiocarbonyl (C=S) groups is 1. The highest BCUT2D eigenvalue weighted by atomic mass is 32.1. The van der Waals surface area contributed by atoms with E-state index in [1.165, 1.54) is 19.3 Å². The van der Waals surface area contributed by atoms with Crippen LogP contribution in [0.15, 0.2) is 12.3 Å². The van der Waals surface area contributed by atoms with Crippen LogP contribution in [0, 0.1) is 0 Å². The van der Waals surface area contributed by atoms with Gasteiger partial charge in [0.2, 0.25) is 5.88 Å². The van der Waals surface area contributed by atoms with Gasteiger partial charge in [-0.3, -0.25) is 0 Å². The zero-order chi connectivity index (χ0) is 11.4. The normalized spacial score (nSPS) is 17.0. The standard InChI is InChI=1S/C11H15N3OS/c12-10(16)9-6-7-13-14-11(9)15-8-4-2-1-3-5-8/h6-8H,1-5H2,(H2,12,16). The van der Waals surface area contributed by atoms with Gasteiger partial charge in [0, 0.05) is 0 Å². The molecule has 1 heterocycles. The van der Waals surface area contributed by atoms with Gasteiger partial charge in [-0.1, -0.05) is 18.6 Å². The molecule has 0 bridgehead atoms. The highest BCUT2D eigenvalue weighted by Crippen LogP contribution is 2.23. The highest BCUT2D eigenvalue weighted by Gasteiger charge is 2.18. The molecular formula is C11H15N3OS. The summed E-state index contributed by atoms with van der Waals surface area (Å²) in [5, 5.41) is 7.76. The van der Waals surface area contributed by atoms with E-state index in [2.05, 4.69) is 10.2 Å². The first-order valence-corrected chi connectivity index (χ1v) is 5.96. The Bertz CT molecular complexity index is 377. The van der Waals surface area contributed by atoms with Crippen LogP contribution in [0.25, 0.3) is 0 Å². The maximum absolute atomic E-state index is 5.81. The largest absolute Gasteiger partial charge is 0.473 e. The van der Waals surface area contributed by atoms with Crippen LogP contribution in [-0.2, 0) is 0 Å². The van der Waals surface area contributed by atoms with Crippen molar-refractivity contribution in [3.05, 3.63) is 17.8 Å². The molecule has 0 unspecified atom stereocenters. The summed E-state index contributed by atoms with van der Waals surface area (Å²) in [6, 6.07) is 1.74. The molecule has 5 heteroatoms. The summed E-state index contributed by atoms with van der Waals surface area (Å²) < 4.78 is 5.81. The van der Waals surface area contributed by atoms with E-state index in [4.69, 9.17) is 22.7 Å². The Labute approximate surface area is 100 Å². The summed E-state index contributed by atoms with van der Waals surface area (Å²) in [7, 11) is 0. The van der Waals surface area contributed by atoms with Gasteiger partial charge in [0.05, 0.1) is 11.8 Å². The molecule has 1 saturated carbocycles. The van der Waals surface area contributed by atoms with Crippen LogP contribution < -0.4 is 10.5 Å². The van der Waals surface area contributed by atoms with Crippen LogP contribution in [0.4, 0.5) is 0 Å². The average Bonchev–Trinajstić information content (AvgIpc) is 2.31. The summed E-state index contributed by atoms with van der Waals surface area (Å²) in [5.74, 6) is 0.474. The van der Waals surface area contributed by atoms with Gasteiger partial charge < -0.3 is 10.5 Å². The van der Waals surface area contributed by atoms with Gasteiger partial charge in [0.1, 0.15) is 11.1 Å². The molecule has 1 aliphatic rings. The zero-order valence-corrected chi connectivity index (χ0v) is 9.87. The third-order valence-corrected chi connectivity index (χ3v) is 3.00. The second kappa shape index (κ2) is 5.21. The van der Waals surface area contributed by atoms with Crippen molar-refractivity contribution in [1.82, 2.24) is 10.2 Å². The smallest absolute Gasteiger partial charge is 0.244 e. The number of aromatic nitrogens is 2. The molecule has 2 N–H and O–H groups in total. The highest BCUT2D eigenvalue weighted by molar-refractivity contribution is 7.80. The van der Waals surface area contributed by atoms with Crippen LogP contribution in [0.5, 0.6) is 5.88 Å². The summed E-state index contributed by atoms with van der Waals surface area (Å²) in [4.78, 5) is 0.306. The number of hydrogen-bond donors (Lipinski definition) is 1. The lowest BCUT2D eigenvalue weighted by Crippen LogP contribution is -2.22. The Balaban J connectivity index is 2.10. The Morgan fingerprint density at radius 3 is 2.81 bits per heavy atom. The van der Waals surface area contributed by atoms with Crippen molar-refractivity contribution in [2.24, 2.45) is 5.73 Å². The Morgan fingerprint density at radius 2 is 2.12 bits per heavy atom. The van der Waals surface area contributed by atoms with Gasteiger partial charge in [0.25, 0.3) is 0 Å². The van der Waals surface area contributed by atoms with E-state index >= 15 is 0 Å². The van der Waals surface area contributed by atoms with E-state index in [0.717, 1.165) is 12.8 Å². The Hall–Kier alpha value is -1.23. The first-order chi connectivity index (χ1) is 7.77. The van der Waals surface area contributed by atoms with Crippen molar-refractivity contribution in [3.8, 4) is 5.88 Å². The molecule has 1 aromatic rings. The summed E-state index contributed by atoms with van der Waals surface area (Å²) >= 11 is 4.95. The maximum atomic E-state index is 5.81. The molecule has 1 aromatic heterocycles. The summed E-state index contributed by atoms with van der Waals surface area (Å²) in [6.45, 7) is 0. The molecule has 0 aromatic carbocycles. The van der Waals surface area contributed by atoms with Gasteiger partial charge in [-0.2, -0.15) is 5.10 Å². The minimum atomic E-state index is 0.235. The van der Waals surface area contributed by atoms with Crippen LogP contribution in [-0.4, -0.2) is 21.3 Å². The fraction of sp³-hybridized carbons (Fsp3) is 0.545. The minimum Gasteiger partial charge on any atom is -0.473 e. The SMILES string of the molecule is NC(=S)c1ccnnc1OC1CCCCC1. The average molecular weight is 237 g/mol. The van der Waals surface area contributed by atoms with Crippen molar-refractivity contribution in [2.45, 2.75) is 38.2 Å². The van der Waals surface area contributed by atoms with E-state index in [1.807, 2.05) is 0 Å². The molecule has 1 aliphatic carbocycles. The Kier molecular flexibility index (Phi) is 3.66. The second-order valence-electron chi connectivity index (χ2n) is 3.99. The third-order valence-electron chi connectivity index (χ3n) is 2.78. The van der Waals surface area contributed by atoms with E-state index < -0.39 is 0 Å². The maximum Gasteiger partial charge on any atom is 0.244 e. The van der Waals surface area contributed by atoms with Gasteiger partial charge in [-0.05, 0) is 31.7 Å². The van der Waals surface area contributed by atoms with Gasteiger partial charge in [-0.25, -0.2) is 0 Å². The quantitative estimate of drug-likeness (QED) is 0.813. The topological polar surface area (TPSA) is 61.0 Å². The van der Waals surface area contributed by atoms with E-state index in [0.29, 0.717) is 16.4 Å². The lowest BCUT2D eigenvalue weighted by Gasteiger charge is -2.22. The van der Waals surface area contributed by atoms with Crippen molar-refractivity contribution in [3.63, 3.8) is 0 Å². The number of ether oxygens (including phenoxy) is 1. The molecule has 0 radical (unpaired) electrons. The fourth-order valence-electron chi connectivity index (χ4n) is 1.93. The molecule has 0 amide bonds. The fourth-order valence-corrected chi connectivity index (χ4v) is 2.09. The van der Waals surface area contributed by atoms with Crippen LogP contribution >= 0.6 is 12.2 Å². The number of nitrogens with two attached hydrogens (primary N) is 1. The van der Waals surface area contributed by atoms with E-state index in [9.17, 15) is 0 Å². The van der Waals surface area contributed by atoms with Crippen molar-refractivity contribution < 1.29 is 4.74 Å². The lowest BCUT2D eigenvalue weighted by molar-refractivity contribution is 0.147. The molecule has 4 nitrogen and oxygen atoms in total. The zero-order valence-electron chi connectivity index (χ0n) is 9.06. The molecule has 2 rings (SSSR count). The molecule has 0 aliphatic heterocycles. The van der Waals surface area contributed by atoms with Crippen LogP contribution in [0.3, 0.4) is 0 Å². The van der Waals surface area contributed by atoms with Gasteiger partial charge in [0.15, 0.2) is 0 Å². The van der Waals surface area contributed by atoms with Crippen molar-refractivity contribution in [2.75, 3.05) is 0 Å². The molecule has 16 heavy (non-hydrogen) atoms. The third kappa shape index (κ3) is 2.66. The molecule has 0 atom stereocenters. The molecule has 1 fully saturated rings. The van der Waals surface area contributed by atoms with Gasteiger partial charge in [-0.15, -0.1) is 5.10 Å². The molecule has 0 saturated heterocycles. The molecule has 86 valence electrons. The predicted molar refractivity (Wildman–Crippen MR) is 65.4 cm³/mol. The summed E-state index contributed by atoms with van der Waals surface area (Å²) in [5.41, 5.74) is 6.28. The second-order valence-corrected chi connectivity index (χ2v) is 4.43. The monoisotopic (exact) mass is 237 g/mol. The lowest BCUT2D eigenvalue weighted by atomic mass is 9.98. The Morgan fingerprint density at radius 1 is 1.38 bits per heavy atom. The first-order valence-electron chi connectivity index (χ1n) is 5.55. The number of rotatable bonds is 3. The van der Waals surface area contributed by atoms with Crippen molar-refractivity contribution >= 4 is 17.2 Å². The van der Waals surface area contributed by atoms with E-state index in [-0.39, 0.29) is 6.10 Å². The number of hydrogen-bond acceptors (Lipinski definition) is 4. The first kappa shape index (κ1) is 11.3.